The summed E-state index contributed by atoms with van der Waals surface area (Å²) in [7, 11) is 0. The average molecular weight is 186 g/mol. The molecule has 14 heavy (non-hydrogen) atoms. The van der Waals surface area contributed by atoms with Crippen molar-refractivity contribution in [2.75, 3.05) is 0 Å². The number of hydrogen-bond donors (Lipinski definition) is 0. The molecule has 1 aromatic carbocycles. The van der Waals surface area contributed by atoms with Gasteiger partial charge in [0.2, 0.25) is 0 Å². The summed E-state index contributed by atoms with van der Waals surface area (Å²) in [4.78, 5) is 18.8. The van der Waals surface area contributed by atoms with Crippen LogP contribution in [-0.2, 0) is 11.2 Å². The Bertz CT molecular complexity index is 454. The monoisotopic (exact) mass is 186 g/mol. The fourth-order valence-corrected chi connectivity index (χ4v) is 1.32. The van der Waals surface area contributed by atoms with E-state index in [1.807, 2.05) is 24.3 Å². The Labute approximate surface area is 81.8 Å². The lowest BCUT2D eigenvalue weighted by Gasteiger charge is -1.99. The van der Waals surface area contributed by atoms with Gasteiger partial charge in [-0.05, 0) is 18.6 Å². The van der Waals surface area contributed by atoms with Gasteiger partial charge < -0.3 is 4.79 Å². The highest BCUT2D eigenvalue weighted by atomic mass is 16.1. The van der Waals surface area contributed by atoms with E-state index >= 15 is 0 Å². The lowest BCUT2D eigenvalue weighted by molar-refractivity contribution is -0.107. The molecule has 0 spiro atoms. The van der Waals surface area contributed by atoms with Gasteiger partial charge in [-0.25, -0.2) is 4.98 Å². The number of fused-ring (bicyclic) bond motifs is 1. The summed E-state index contributed by atoms with van der Waals surface area (Å²) in [6.07, 6.45) is 3.80. The molecule has 1 heterocycles. The van der Waals surface area contributed by atoms with Gasteiger partial charge in [-0.15, -0.1) is 0 Å². The van der Waals surface area contributed by atoms with E-state index in [9.17, 15) is 4.79 Å². The predicted octanol–water partition coefficient (Wildman–Crippen LogP) is 1.76. The number of carbonyl (C=O) groups is 1. The van der Waals surface area contributed by atoms with Crippen LogP contribution in [0.5, 0.6) is 0 Å². The van der Waals surface area contributed by atoms with Crippen molar-refractivity contribution in [2.24, 2.45) is 0 Å². The molecule has 0 aliphatic rings. The number of aldehydes is 1. The quantitative estimate of drug-likeness (QED) is 0.686. The van der Waals surface area contributed by atoms with E-state index in [1.165, 1.54) is 0 Å². The molecule has 0 bridgehead atoms. The van der Waals surface area contributed by atoms with E-state index in [1.54, 1.807) is 6.20 Å². The van der Waals surface area contributed by atoms with Gasteiger partial charge in [0.25, 0.3) is 0 Å². The Balaban J connectivity index is 2.36. The third kappa shape index (κ3) is 1.76. The highest BCUT2D eigenvalue weighted by Crippen LogP contribution is 2.08. The Morgan fingerprint density at radius 2 is 2.00 bits per heavy atom. The van der Waals surface area contributed by atoms with Crippen LogP contribution in [0.15, 0.2) is 30.5 Å². The molecule has 3 nitrogen and oxygen atoms in total. The molecule has 2 aromatic rings. The van der Waals surface area contributed by atoms with Gasteiger partial charge in [-0.1, -0.05) is 12.1 Å². The third-order valence-electron chi connectivity index (χ3n) is 2.02. The first-order chi connectivity index (χ1) is 6.90. The van der Waals surface area contributed by atoms with Crippen molar-refractivity contribution >= 4 is 17.3 Å². The van der Waals surface area contributed by atoms with Crippen molar-refractivity contribution in [2.45, 2.75) is 12.8 Å². The summed E-state index contributed by atoms with van der Waals surface area (Å²) in [5, 5.41) is 0. The molecule has 0 atom stereocenters. The SMILES string of the molecule is O=CCCc1cnc2ccccc2n1. The van der Waals surface area contributed by atoms with Crippen molar-refractivity contribution < 1.29 is 4.79 Å². The fourth-order valence-electron chi connectivity index (χ4n) is 1.32. The molecule has 0 amide bonds. The highest BCUT2D eigenvalue weighted by Gasteiger charge is 1.98. The number of aromatic nitrogens is 2. The maximum atomic E-state index is 10.2. The second kappa shape index (κ2) is 3.96. The fraction of sp³-hybridized carbons (Fsp3) is 0.182. The van der Waals surface area contributed by atoms with Gasteiger partial charge in [-0.2, -0.15) is 0 Å². The zero-order valence-electron chi connectivity index (χ0n) is 7.68. The molecule has 0 aliphatic carbocycles. The Morgan fingerprint density at radius 1 is 1.21 bits per heavy atom. The van der Waals surface area contributed by atoms with Gasteiger partial charge >= 0.3 is 0 Å². The molecule has 0 fully saturated rings. The van der Waals surface area contributed by atoms with E-state index in [-0.39, 0.29) is 0 Å². The molecule has 0 radical (unpaired) electrons. The summed E-state index contributed by atoms with van der Waals surface area (Å²) >= 11 is 0. The Hall–Kier alpha value is -1.77. The van der Waals surface area contributed by atoms with Crippen molar-refractivity contribution in [1.29, 1.82) is 0 Å². The largest absolute Gasteiger partial charge is 0.303 e. The predicted molar refractivity (Wildman–Crippen MR) is 53.9 cm³/mol. The van der Waals surface area contributed by atoms with Crippen molar-refractivity contribution in [1.82, 2.24) is 9.97 Å². The summed E-state index contributed by atoms with van der Waals surface area (Å²) < 4.78 is 0. The van der Waals surface area contributed by atoms with Gasteiger partial charge in [0.05, 0.1) is 16.7 Å². The van der Waals surface area contributed by atoms with Gasteiger partial charge in [0.1, 0.15) is 6.29 Å². The number of carbonyl (C=O) groups excluding carboxylic acids is 1. The first kappa shape index (κ1) is 8.81. The lowest BCUT2D eigenvalue weighted by atomic mass is 10.2. The number of benzene rings is 1. The van der Waals surface area contributed by atoms with Crippen LogP contribution < -0.4 is 0 Å². The zero-order chi connectivity index (χ0) is 9.80. The minimum absolute atomic E-state index is 0.507. The van der Waals surface area contributed by atoms with Crippen molar-refractivity contribution in [3.05, 3.63) is 36.2 Å². The molecule has 0 unspecified atom stereocenters. The molecule has 1 aromatic heterocycles. The van der Waals surface area contributed by atoms with Crippen LogP contribution in [0.4, 0.5) is 0 Å². The molecule has 70 valence electrons. The Kier molecular flexibility index (Phi) is 2.49. The standard InChI is InChI=1S/C11H10N2O/c14-7-3-4-9-8-12-10-5-1-2-6-11(10)13-9/h1-2,5-8H,3-4H2. The van der Waals surface area contributed by atoms with Crippen LogP contribution >= 0.6 is 0 Å². The third-order valence-corrected chi connectivity index (χ3v) is 2.02. The molecule has 2 rings (SSSR count). The van der Waals surface area contributed by atoms with Crippen molar-refractivity contribution in [3.8, 4) is 0 Å². The van der Waals surface area contributed by atoms with E-state index in [0.717, 1.165) is 23.0 Å². The molecule has 0 N–H and O–H groups in total. The number of para-hydroxylation sites is 2. The van der Waals surface area contributed by atoms with Crippen LogP contribution in [-0.4, -0.2) is 16.3 Å². The molecule has 0 saturated heterocycles. The number of nitrogens with zero attached hydrogens (tertiary/aromatic N) is 2. The first-order valence-electron chi connectivity index (χ1n) is 4.54. The topological polar surface area (TPSA) is 42.9 Å². The molecule has 0 aliphatic heterocycles. The summed E-state index contributed by atoms with van der Waals surface area (Å²) in [5.74, 6) is 0. The highest BCUT2D eigenvalue weighted by molar-refractivity contribution is 5.73. The van der Waals surface area contributed by atoms with Gasteiger partial charge in [0.15, 0.2) is 0 Å². The average Bonchev–Trinajstić information content (AvgIpc) is 2.26. The second-order valence-corrected chi connectivity index (χ2v) is 3.06. The number of hydrogen-bond acceptors (Lipinski definition) is 3. The normalized spacial score (nSPS) is 10.3. The van der Waals surface area contributed by atoms with Crippen LogP contribution in [0.3, 0.4) is 0 Å². The van der Waals surface area contributed by atoms with E-state index < -0.39 is 0 Å². The second-order valence-electron chi connectivity index (χ2n) is 3.06. The van der Waals surface area contributed by atoms with Gasteiger partial charge in [-0.3, -0.25) is 4.98 Å². The minimum atomic E-state index is 0.507. The van der Waals surface area contributed by atoms with E-state index in [4.69, 9.17) is 0 Å². The molecule has 0 saturated carbocycles. The zero-order valence-corrected chi connectivity index (χ0v) is 7.68. The number of rotatable bonds is 3. The summed E-state index contributed by atoms with van der Waals surface area (Å²) in [5.41, 5.74) is 2.65. The van der Waals surface area contributed by atoms with Crippen LogP contribution in [0.25, 0.3) is 11.0 Å². The summed E-state index contributed by atoms with van der Waals surface area (Å²) in [6, 6.07) is 7.71. The maximum Gasteiger partial charge on any atom is 0.120 e. The maximum absolute atomic E-state index is 10.2. The van der Waals surface area contributed by atoms with E-state index in [0.29, 0.717) is 12.8 Å². The Morgan fingerprint density at radius 3 is 2.79 bits per heavy atom. The summed E-state index contributed by atoms with van der Waals surface area (Å²) in [6.45, 7) is 0. The molecular formula is C11H10N2O. The molecule has 3 heteroatoms. The first-order valence-corrected chi connectivity index (χ1v) is 4.54. The minimum Gasteiger partial charge on any atom is -0.303 e. The van der Waals surface area contributed by atoms with Crippen LogP contribution in [0, 0.1) is 0 Å². The number of aryl methyl sites for hydroxylation is 1. The lowest BCUT2D eigenvalue weighted by Crippen LogP contribution is -1.93. The van der Waals surface area contributed by atoms with Crippen LogP contribution in [0.2, 0.25) is 0 Å². The van der Waals surface area contributed by atoms with Crippen molar-refractivity contribution in [3.63, 3.8) is 0 Å². The van der Waals surface area contributed by atoms with E-state index in [2.05, 4.69) is 9.97 Å². The van der Waals surface area contributed by atoms with Crippen LogP contribution in [0.1, 0.15) is 12.1 Å². The molecular weight excluding hydrogens is 176 g/mol. The van der Waals surface area contributed by atoms with Gasteiger partial charge in [0, 0.05) is 12.6 Å². The smallest absolute Gasteiger partial charge is 0.120 e.